The van der Waals surface area contributed by atoms with Crippen LogP contribution in [0, 0.1) is 0 Å². The first-order chi connectivity index (χ1) is 9.92. The number of hydrogen-bond acceptors (Lipinski definition) is 3. The van der Waals surface area contributed by atoms with Crippen LogP contribution in [0.4, 0.5) is 18.9 Å². The molecule has 0 radical (unpaired) electrons. The predicted molar refractivity (Wildman–Crippen MR) is 79.6 cm³/mol. The van der Waals surface area contributed by atoms with Gasteiger partial charge in [-0.05, 0) is 50.1 Å². The van der Waals surface area contributed by atoms with Crippen molar-refractivity contribution in [2.45, 2.75) is 54.7 Å². The second kappa shape index (κ2) is 5.72. The maximum atomic E-state index is 12.6. The number of likely N-dealkylation sites (tertiary alicyclic amines) is 1. The lowest BCUT2D eigenvalue weighted by atomic mass is 10.2. The molecule has 21 heavy (non-hydrogen) atoms. The molecule has 1 aliphatic heterocycles. The van der Waals surface area contributed by atoms with Crippen molar-refractivity contribution in [3.63, 3.8) is 0 Å². The van der Waals surface area contributed by atoms with E-state index in [1.165, 1.54) is 18.9 Å². The van der Waals surface area contributed by atoms with Crippen LogP contribution in [0.25, 0.3) is 0 Å². The van der Waals surface area contributed by atoms with Crippen molar-refractivity contribution in [3.05, 3.63) is 24.3 Å². The van der Waals surface area contributed by atoms with E-state index < -0.39 is 5.51 Å². The highest BCUT2D eigenvalue weighted by Gasteiger charge is 2.39. The highest BCUT2D eigenvalue weighted by Crippen LogP contribution is 2.41. The van der Waals surface area contributed by atoms with E-state index in [2.05, 4.69) is 17.1 Å². The van der Waals surface area contributed by atoms with Gasteiger partial charge in [0.25, 0.3) is 0 Å². The average Bonchev–Trinajstić information content (AvgIpc) is 3.15. The lowest BCUT2D eigenvalue weighted by Gasteiger charge is -2.20. The number of nitrogens with one attached hydrogen (secondary N) is 1. The van der Waals surface area contributed by atoms with Gasteiger partial charge in [-0.15, -0.1) is 0 Å². The van der Waals surface area contributed by atoms with Gasteiger partial charge >= 0.3 is 5.51 Å². The summed E-state index contributed by atoms with van der Waals surface area (Å²) < 4.78 is 37.8. The fourth-order valence-corrected chi connectivity index (χ4v) is 3.73. The van der Waals surface area contributed by atoms with Crippen LogP contribution in [-0.2, 0) is 0 Å². The van der Waals surface area contributed by atoms with Crippen molar-refractivity contribution in [3.8, 4) is 0 Å². The summed E-state index contributed by atoms with van der Waals surface area (Å²) in [5, 5.41) is 3.31. The highest BCUT2D eigenvalue weighted by atomic mass is 32.2. The SMILES string of the molecule is CC1CC(Nc2ccccc2SC(F)(F)F)CN1C1CC1. The van der Waals surface area contributed by atoms with Gasteiger partial charge in [-0.2, -0.15) is 13.2 Å². The summed E-state index contributed by atoms with van der Waals surface area (Å²) >= 11 is -0.0451. The van der Waals surface area contributed by atoms with Crippen LogP contribution in [0.1, 0.15) is 26.2 Å². The van der Waals surface area contributed by atoms with Crippen molar-refractivity contribution in [2.24, 2.45) is 0 Å². The van der Waals surface area contributed by atoms with E-state index in [1.54, 1.807) is 18.2 Å². The summed E-state index contributed by atoms with van der Waals surface area (Å²) in [5.41, 5.74) is -3.66. The van der Waals surface area contributed by atoms with Crippen molar-refractivity contribution in [2.75, 3.05) is 11.9 Å². The first-order valence-corrected chi connectivity index (χ1v) is 8.11. The van der Waals surface area contributed by atoms with E-state index in [1.807, 2.05) is 0 Å². The molecule has 1 heterocycles. The Labute approximate surface area is 127 Å². The molecule has 0 bridgehead atoms. The Hall–Kier alpha value is -0.880. The van der Waals surface area contributed by atoms with Crippen molar-refractivity contribution < 1.29 is 13.2 Å². The Kier molecular flexibility index (Phi) is 4.10. The van der Waals surface area contributed by atoms with E-state index >= 15 is 0 Å². The van der Waals surface area contributed by atoms with Gasteiger partial charge in [0.1, 0.15) is 0 Å². The molecule has 2 fully saturated rings. The fraction of sp³-hybridized carbons (Fsp3) is 0.600. The van der Waals surface area contributed by atoms with Crippen LogP contribution in [0.5, 0.6) is 0 Å². The topological polar surface area (TPSA) is 15.3 Å². The second-order valence-corrected chi connectivity index (χ2v) is 7.00. The van der Waals surface area contributed by atoms with Crippen LogP contribution in [0.3, 0.4) is 0 Å². The lowest BCUT2D eigenvalue weighted by Crippen LogP contribution is -2.31. The van der Waals surface area contributed by atoms with Gasteiger partial charge in [0.15, 0.2) is 0 Å². The molecule has 116 valence electrons. The van der Waals surface area contributed by atoms with Crippen LogP contribution in [-0.4, -0.2) is 35.1 Å². The van der Waals surface area contributed by atoms with Crippen molar-refractivity contribution in [1.29, 1.82) is 0 Å². The Bertz CT molecular complexity index is 502. The van der Waals surface area contributed by atoms with Gasteiger partial charge in [-0.25, -0.2) is 0 Å². The third kappa shape index (κ3) is 3.86. The number of rotatable bonds is 4. The number of halogens is 3. The molecular formula is C15H19F3N2S. The van der Waals surface area contributed by atoms with Gasteiger partial charge in [-0.1, -0.05) is 12.1 Å². The van der Waals surface area contributed by atoms with Gasteiger partial charge in [0.2, 0.25) is 0 Å². The molecular weight excluding hydrogens is 297 g/mol. The van der Waals surface area contributed by atoms with E-state index in [9.17, 15) is 13.2 Å². The maximum Gasteiger partial charge on any atom is 0.446 e. The van der Waals surface area contributed by atoms with Crippen LogP contribution in [0.15, 0.2) is 29.2 Å². The molecule has 3 rings (SSSR count). The lowest BCUT2D eigenvalue weighted by molar-refractivity contribution is -0.0327. The minimum absolute atomic E-state index is 0.0451. The molecule has 1 N–H and O–H groups in total. The van der Waals surface area contributed by atoms with Crippen LogP contribution >= 0.6 is 11.8 Å². The predicted octanol–water partition coefficient (Wildman–Crippen LogP) is 4.34. The second-order valence-electron chi connectivity index (χ2n) is 5.90. The van der Waals surface area contributed by atoms with Gasteiger partial charge in [0.05, 0.1) is 0 Å². The quantitative estimate of drug-likeness (QED) is 0.832. The monoisotopic (exact) mass is 316 g/mol. The fourth-order valence-electron chi connectivity index (χ4n) is 3.10. The first-order valence-electron chi connectivity index (χ1n) is 7.29. The first kappa shape index (κ1) is 15.0. The van der Waals surface area contributed by atoms with Crippen LogP contribution in [0.2, 0.25) is 0 Å². The summed E-state index contributed by atoms with van der Waals surface area (Å²) in [7, 11) is 0. The highest BCUT2D eigenvalue weighted by molar-refractivity contribution is 8.00. The molecule has 1 saturated carbocycles. The Morgan fingerprint density at radius 3 is 2.62 bits per heavy atom. The summed E-state index contributed by atoms with van der Waals surface area (Å²) in [5.74, 6) is 0. The number of hydrogen-bond donors (Lipinski definition) is 1. The number of anilines is 1. The molecule has 2 unspecified atom stereocenters. The summed E-state index contributed by atoms with van der Waals surface area (Å²) in [6.45, 7) is 3.13. The molecule has 2 nitrogen and oxygen atoms in total. The summed E-state index contributed by atoms with van der Waals surface area (Å²) in [6, 6.07) is 8.13. The molecule has 1 aliphatic carbocycles. The Morgan fingerprint density at radius 2 is 1.95 bits per heavy atom. The zero-order chi connectivity index (χ0) is 15.0. The Morgan fingerprint density at radius 1 is 1.24 bits per heavy atom. The number of alkyl halides is 3. The smallest absolute Gasteiger partial charge is 0.380 e. The number of thioether (sulfide) groups is 1. The molecule has 6 heteroatoms. The largest absolute Gasteiger partial charge is 0.446 e. The molecule has 1 aromatic carbocycles. The van der Waals surface area contributed by atoms with E-state index in [4.69, 9.17) is 0 Å². The number of para-hydroxylation sites is 1. The number of benzene rings is 1. The summed E-state index contributed by atoms with van der Waals surface area (Å²) in [6.07, 6.45) is 3.51. The molecule has 0 amide bonds. The minimum atomic E-state index is -4.25. The zero-order valence-corrected chi connectivity index (χ0v) is 12.7. The Balaban J connectivity index is 1.67. The van der Waals surface area contributed by atoms with E-state index in [0.717, 1.165) is 13.0 Å². The van der Waals surface area contributed by atoms with E-state index in [-0.39, 0.29) is 22.7 Å². The van der Waals surface area contributed by atoms with Crippen molar-refractivity contribution >= 4 is 17.4 Å². The van der Waals surface area contributed by atoms with E-state index in [0.29, 0.717) is 17.8 Å². The molecule has 1 aromatic rings. The van der Waals surface area contributed by atoms with Crippen LogP contribution < -0.4 is 5.32 Å². The molecule has 0 aromatic heterocycles. The third-order valence-corrected chi connectivity index (χ3v) is 4.92. The molecule has 0 spiro atoms. The van der Waals surface area contributed by atoms with Gasteiger partial charge in [0, 0.05) is 35.3 Å². The number of nitrogens with zero attached hydrogens (tertiary/aromatic N) is 1. The summed E-state index contributed by atoms with van der Waals surface area (Å²) in [4.78, 5) is 2.74. The van der Waals surface area contributed by atoms with Gasteiger partial charge in [-0.3, -0.25) is 4.90 Å². The maximum absolute atomic E-state index is 12.6. The molecule has 1 saturated heterocycles. The standard InChI is InChI=1S/C15H19F3N2S/c1-10-8-11(9-20(10)12-6-7-12)19-13-4-2-3-5-14(13)21-15(16,17)18/h2-5,10-12,19H,6-9H2,1H3. The molecule has 2 atom stereocenters. The van der Waals surface area contributed by atoms with Gasteiger partial charge < -0.3 is 5.32 Å². The third-order valence-electron chi connectivity index (χ3n) is 4.11. The molecule has 2 aliphatic rings. The normalized spacial score (nSPS) is 27.0. The zero-order valence-electron chi connectivity index (χ0n) is 11.9. The average molecular weight is 316 g/mol. The van der Waals surface area contributed by atoms with Crippen molar-refractivity contribution in [1.82, 2.24) is 4.90 Å². The minimum Gasteiger partial charge on any atom is -0.380 e.